The summed E-state index contributed by atoms with van der Waals surface area (Å²) in [7, 11) is -3.23. The molecule has 1 aromatic rings. The van der Waals surface area contributed by atoms with Crippen molar-refractivity contribution in [3.63, 3.8) is 0 Å². The molecular weight excluding hydrogens is 420 g/mol. The number of hydrogen-bond donors (Lipinski definition) is 2. The van der Waals surface area contributed by atoms with Gasteiger partial charge in [0.2, 0.25) is 10.0 Å². The number of rotatable bonds is 10. The topological polar surface area (TPSA) is 64.7 Å². The molecule has 0 atom stereocenters. The van der Waals surface area contributed by atoms with E-state index in [1.54, 1.807) is 20.8 Å². The van der Waals surface area contributed by atoms with Gasteiger partial charge in [0, 0.05) is 56.7 Å². The molecule has 1 aromatic carbocycles. The summed E-state index contributed by atoms with van der Waals surface area (Å²) in [6.07, 6.45) is 9.94. The zero-order valence-corrected chi connectivity index (χ0v) is 21.2. The first kappa shape index (κ1) is 25.3. The van der Waals surface area contributed by atoms with E-state index in [0.717, 1.165) is 50.6 Å². The Labute approximate surface area is 196 Å². The summed E-state index contributed by atoms with van der Waals surface area (Å²) in [6.45, 7) is 11.2. The van der Waals surface area contributed by atoms with Crippen LogP contribution in [-0.2, 0) is 10.0 Å². The van der Waals surface area contributed by atoms with Gasteiger partial charge in [-0.2, -0.15) is 0 Å². The zero-order chi connectivity index (χ0) is 23.0. The number of nitrogens with one attached hydrogen (secondary N) is 2. The molecule has 0 amide bonds. The van der Waals surface area contributed by atoms with Gasteiger partial charge in [0.15, 0.2) is 0 Å². The number of nitrogens with zero attached hydrogens (tertiary/aromatic N) is 2. The van der Waals surface area contributed by atoms with E-state index in [1.807, 2.05) is 0 Å². The molecule has 2 aliphatic rings. The maximum absolute atomic E-state index is 12.0. The van der Waals surface area contributed by atoms with Crippen molar-refractivity contribution in [1.29, 1.82) is 0 Å². The van der Waals surface area contributed by atoms with E-state index in [4.69, 9.17) is 0 Å². The zero-order valence-electron chi connectivity index (χ0n) is 20.4. The van der Waals surface area contributed by atoms with Crippen LogP contribution >= 0.6 is 0 Å². The summed E-state index contributed by atoms with van der Waals surface area (Å²) >= 11 is 0. The van der Waals surface area contributed by atoms with Crippen LogP contribution in [0.4, 0.5) is 11.4 Å². The maximum atomic E-state index is 12.0. The molecule has 6 nitrogen and oxygen atoms in total. The van der Waals surface area contributed by atoms with Gasteiger partial charge in [0.25, 0.3) is 0 Å². The molecule has 1 saturated heterocycles. The minimum atomic E-state index is -3.23. The first-order chi connectivity index (χ1) is 15.3. The van der Waals surface area contributed by atoms with Crippen molar-refractivity contribution in [1.82, 2.24) is 9.62 Å². The van der Waals surface area contributed by atoms with E-state index in [2.05, 4.69) is 44.1 Å². The van der Waals surface area contributed by atoms with Gasteiger partial charge < -0.3 is 10.2 Å². The molecule has 1 aliphatic heterocycles. The van der Waals surface area contributed by atoms with Gasteiger partial charge in [0.1, 0.15) is 0 Å². The molecule has 2 fully saturated rings. The molecule has 3 rings (SSSR count). The molecule has 2 N–H and O–H groups in total. The highest BCUT2D eigenvalue weighted by molar-refractivity contribution is 7.90. The SMILES string of the molecule is CC(C)(C)S(=O)(=O)NCCCCCNc1ccc(N2CCN(C3CCCCC3)CC2)cc1. The second kappa shape index (κ2) is 11.7. The van der Waals surface area contributed by atoms with Crippen LogP contribution in [0.5, 0.6) is 0 Å². The van der Waals surface area contributed by atoms with E-state index < -0.39 is 14.8 Å². The van der Waals surface area contributed by atoms with Gasteiger partial charge in [-0.1, -0.05) is 25.7 Å². The predicted molar refractivity (Wildman–Crippen MR) is 136 cm³/mol. The van der Waals surface area contributed by atoms with Crippen LogP contribution in [0.1, 0.15) is 72.1 Å². The first-order valence-electron chi connectivity index (χ1n) is 12.6. The van der Waals surface area contributed by atoms with Gasteiger partial charge >= 0.3 is 0 Å². The Morgan fingerprint density at radius 3 is 2.12 bits per heavy atom. The van der Waals surface area contributed by atoms with E-state index >= 15 is 0 Å². The van der Waals surface area contributed by atoms with Crippen LogP contribution in [0.15, 0.2) is 24.3 Å². The average molecular weight is 465 g/mol. The fourth-order valence-corrected chi connectivity index (χ4v) is 5.51. The second-order valence-electron chi connectivity index (χ2n) is 10.4. The molecule has 182 valence electrons. The molecule has 32 heavy (non-hydrogen) atoms. The van der Waals surface area contributed by atoms with Gasteiger partial charge in [-0.05, 0) is 70.7 Å². The lowest BCUT2D eigenvalue weighted by Gasteiger charge is -2.41. The summed E-state index contributed by atoms with van der Waals surface area (Å²) < 4.78 is 26.0. The summed E-state index contributed by atoms with van der Waals surface area (Å²) in [5, 5.41) is 3.49. The minimum absolute atomic E-state index is 0.516. The van der Waals surface area contributed by atoms with Crippen LogP contribution in [0.2, 0.25) is 0 Å². The summed E-state index contributed by atoms with van der Waals surface area (Å²) in [6, 6.07) is 9.66. The summed E-state index contributed by atoms with van der Waals surface area (Å²) in [4.78, 5) is 5.24. The number of anilines is 2. The normalized spacial score (nSPS) is 19.3. The standard InChI is InChI=1S/C25H44N4O2S/c1-25(2,3)32(30,31)27-17-9-5-8-16-26-22-12-14-24(15-13-22)29-20-18-28(19-21-29)23-10-6-4-7-11-23/h12-15,23,26-27H,4-11,16-21H2,1-3H3. The van der Waals surface area contributed by atoms with E-state index in [1.165, 1.54) is 50.9 Å². The second-order valence-corrected chi connectivity index (χ2v) is 12.9. The predicted octanol–water partition coefficient (Wildman–Crippen LogP) is 4.44. The fourth-order valence-electron chi connectivity index (χ4n) is 4.66. The lowest BCUT2D eigenvalue weighted by Crippen LogP contribution is -2.50. The Balaban J connectivity index is 1.30. The number of piperazine rings is 1. The Hall–Kier alpha value is -1.31. The number of unbranched alkanes of at least 4 members (excludes halogenated alkanes) is 2. The maximum Gasteiger partial charge on any atom is 0.216 e. The van der Waals surface area contributed by atoms with Crippen molar-refractivity contribution in [3.05, 3.63) is 24.3 Å². The van der Waals surface area contributed by atoms with Gasteiger partial charge in [-0.25, -0.2) is 13.1 Å². The Morgan fingerprint density at radius 2 is 1.50 bits per heavy atom. The molecule has 0 aromatic heterocycles. The van der Waals surface area contributed by atoms with Crippen molar-refractivity contribution in [2.45, 2.75) is 82.9 Å². The van der Waals surface area contributed by atoms with Crippen molar-refractivity contribution in [2.24, 2.45) is 0 Å². The Kier molecular flexibility index (Phi) is 9.26. The average Bonchev–Trinajstić information content (AvgIpc) is 2.79. The van der Waals surface area contributed by atoms with E-state index in [9.17, 15) is 8.42 Å². The van der Waals surface area contributed by atoms with Crippen LogP contribution < -0.4 is 14.9 Å². The van der Waals surface area contributed by atoms with Crippen molar-refractivity contribution in [2.75, 3.05) is 49.5 Å². The minimum Gasteiger partial charge on any atom is -0.385 e. The third-order valence-electron chi connectivity index (χ3n) is 6.92. The Morgan fingerprint density at radius 1 is 0.875 bits per heavy atom. The highest BCUT2D eigenvalue weighted by atomic mass is 32.2. The highest BCUT2D eigenvalue weighted by Gasteiger charge is 2.28. The smallest absolute Gasteiger partial charge is 0.216 e. The lowest BCUT2D eigenvalue weighted by molar-refractivity contribution is 0.148. The van der Waals surface area contributed by atoms with Crippen LogP contribution in [0, 0.1) is 0 Å². The highest BCUT2D eigenvalue weighted by Crippen LogP contribution is 2.25. The third kappa shape index (κ3) is 7.35. The third-order valence-corrected chi connectivity index (χ3v) is 9.12. The van der Waals surface area contributed by atoms with E-state index in [-0.39, 0.29) is 0 Å². The van der Waals surface area contributed by atoms with Crippen LogP contribution in [-0.4, -0.2) is 63.4 Å². The molecule has 1 heterocycles. The molecular formula is C25H44N4O2S. The Bertz CT molecular complexity index is 775. The molecule has 0 unspecified atom stereocenters. The number of sulfonamides is 1. The van der Waals surface area contributed by atoms with Crippen LogP contribution in [0.3, 0.4) is 0 Å². The molecule has 0 spiro atoms. The molecule has 0 radical (unpaired) electrons. The molecule has 1 aliphatic carbocycles. The van der Waals surface area contributed by atoms with Crippen molar-refractivity contribution < 1.29 is 8.42 Å². The monoisotopic (exact) mass is 464 g/mol. The van der Waals surface area contributed by atoms with Crippen molar-refractivity contribution in [3.8, 4) is 0 Å². The largest absolute Gasteiger partial charge is 0.385 e. The van der Waals surface area contributed by atoms with Gasteiger partial charge in [-0.15, -0.1) is 0 Å². The fraction of sp³-hybridized carbons (Fsp3) is 0.760. The molecule has 0 bridgehead atoms. The lowest BCUT2D eigenvalue weighted by atomic mass is 9.94. The van der Waals surface area contributed by atoms with Gasteiger partial charge in [0.05, 0.1) is 4.75 Å². The number of benzene rings is 1. The summed E-state index contributed by atoms with van der Waals surface area (Å²) in [5.41, 5.74) is 2.48. The van der Waals surface area contributed by atoms with Gasteiger partial charge in [-0.3, -0.25) is 4.90 Å². The first-order valence-corrected chi connectivity index (χ1v) is 14.1. The van der Waals surface area contributed by atoms with Crippen LogP contribution in [0.25, 0.3) is 0 Å². The molecule has 7 heteroatoms. The number of hydrogen-bond acceptors (Lipinski definition) is 5. The quantitative estimate of drug-likeness (QED) is 0.501. The van der Waals surface area contributed by atoms with Crippen molar-refractivity contribution >= 4 is 21.4 Å². The molecule has 1 saturated carbocycles. The summed E-state index contributed by atoms with van der Waals surface area (Å²) in [5.74, 6) is 0. The van der Waals surface area contributed by atoms with E-state index in [0.29, 0.717) is 6.54 Å².